The van der Waals surface area contributed by atoms with Crippen molar-refractivity contribution in [3.63, 3.8) is 0 Å². The minimum atomic E-state index is -0.789. The van der Waals surface area contributed by atoms with E-state index in [4.69, 9.17) is 34.0 Å². The molecule has 1 aromatic carbocycles. The number of aliphatic carboxylic acids is 1. The van der Waals surface area contributed by atoms with Gasteiger partial charge in [0.15, 0.2) is 0 Å². The number of benzene rings is 1. The monoisotopic (exact) mass is 302 g/mol. The van der Waals surface area contributed by atoms with Crippen LogP contribution >= 0.6 is 23.2 Å². The van der Waals surface area contributed by atoms with Crippen LogP contribution in [-0.4, -0.2) is 35.1 Å². The van der Waals surface area contributed by atoms with Gasteiger partial charge in [0.05, 0.1) is 5.92 Å². The molecule has 0 aliphatic carbocycles. The Morgan fingerprint density at radius 3 is 2.79 bits per heavy atom. The lowest BCUT2D eigenvalue weighted by Crippen LogP contribution is -2.48. The molecule has 19 heavy (non-hydrogen) atoms. The molecule has 0 bridgehead atoms. The summed E-state index contributed by atoms with van der Waals surface area (Å²) in [6.07, 6.45) is 0.528. The van der Waals surface area contributed by atoms with E-state index in [0.29, 0.717) is 36.1 Å². The lowest BCUT2D eigenvalue weighted by Gasteiger charge is -2.34. The molecular formula is C13H16Cl2N2O2. The van der Waals surface area contributed by atoms with Crippen LogP contribution in [0.2, 0.25) is 10.0 Å². The zero-order valence-corrected chi connectivity index (χ0v) is 11.9. The molecule has 1 aromatic rings. The number of carboxylic acids is 1. The average molecular weight is 303 g/mol. The third kappa shape index (κ3) is 3.83. The zero-order chi connectivity index (χ0) is 14.0. The molecule has 3 N–H and O–H groups in total. The number of nitrogens with zero attached hydrogens (tertiary/aromatic N) is 1. The molecule has 2 atom stereocenters. The molecule has 1 saturated heterocycles. The van der Waals surface area contributed by atoms with E-state index >= 15 is 0 Å². The number of hydrogen-bond donors (Lipinski definition) is 2. The molecule has 104 valence electrons. The second kappa shape index (κ2) is 6.09. The fourth-order valence-corrected chi connectivity index (χ4v) is 2.90. The van der Waals surface area contributed by atoms with E-state index in [-0.39, 0.29) is 6.04 Å². The van der Waals surface area contributed by atoms with Crippen LogP contribution in [0.5, 0.6) is 0 Å². The topological polar surface area (TPSA) is 66.6 Å². The predicted molar refractivity (Wildman–Crippen MR) is 75.5 cm³/mol. The Morgan fingerprint density at radius 2 is 2.16 bits per heavy atom. The van der Waals surface area contributed by atoms with Gasteiger partial charge in [0.2, 0.25) is 0 Å². The van der Waals surface area contributed by atoms with Gasteiger partial charge in [0.25, 0.3) is 0 Å². The number of halogens is 2. The molecule has 1 heterocycles. The highest BCUT2D eigenvalue weighted by Crippen LogP contribution is 2.24. The summed E-state index contributed by atoms with van der Waals surface area (Å²) in [5.74, 6) is -1.20. The van der Waals surface area contributed by atoms with Crippen molar-refractivity contribution in [2.24, 2.45) is 11.7 Å². The van der Waals surface area contributed by atoms with Crippen LogP contribution in [0.15, 0.2) is 18.2 Å². The van der Waals surface area contributed by atoms with E-state index in [0.717, 1.165) is 5.56 Å². The third-order valence-electron chi connectivity index (χ3n) is 3.32. The second-order valence-corrected chi connectivity index (χ2v) is 5.80. The minimum absolute atomic E-state index is 0.110. The first kappa shape index (κ1) is 14.6. The minimum Gasteiger partial charge on any atom is -0.481 e. The maximum absolute atomic E-state index is 11.1. The number of carboxylic acid groups (broad SMARTS) is 1. The van der Waals surface area contributed by atoms with Gasteiger partial charge in [-0.3, -0.25) is 9.69 Å². The molecule has 4 nitrogen and oxygen atoms in total. The molecule has 6 heteroatoms. The summed E-state index contributed by atoms with van der Waals surface area (Å²) in [7, 11) is 0. The van der Waals surface area contributed by atoms with Gasteiger partial charge in [0, 0.05) is 35.7 Å². The predicted octanol–water partition coefficient (Wildman–Crippen LogP) is 2.23. The molecule has 0 spiro atoms. The average Bonchev–Trinajstić information content (AvgIpc) is 2.32. The van der Waals surface area contributed by atoms with Crippen LogP contribution < -0.4 is 5.73 Å². The Hall–Kier alpha value is -0.810. The van der Waals surface area contributed by atoms with E-state index in [2.05, 4.69) is 0 Å². The lowest BCUT2D eigenvalue weighted by atomic mass is 9.94. The van der Waals surface area contributed by atoms with Crippen molar-refractivity contribution in [3.8, 4) is 0 Å². The van der Waals surface area contributed by atoms with Crippen LogP contribution in [0.25, 0.3) is 0 Å². The normalized spacial score (nSPS) is 24.4. The van der Waals surface area contributed by atoms with Crippen LogP contribution in [0.1, 0.15) is 12.0 Å². The fraction of sp³-hybridized carbons (Fsp3) is 0.462. The van der Waals surface area contributed by atoms with Gasteiger partial charge in [-0.15, -0.1) is 0 Å². The van der Waals surface area contributed by atoms with E-state index in [9.17, 15) is 4.79 Å². The molecule has 0 aromatic heterocycles. The maximum Gasteiger partial charge on any atom is 0.307 e. The number of rotatable bonds is 3. The highest BCUT2D eigenvalue weighted by molar-refractivity contribution is 6.35. The quantitative estimate of drug-likeness (QED) is 0.898. The van der Waals surface area contributed by atoms with Gasteiger partial charge in [-0.05, 0) is 24.1 Å². The Balaban J connectivity index is 2.07. The summed E-state index contributed by atoms with van der Waals surface area (Å²) in [5, 5.41) is 10.3. The molecule has 0 saturated carbocycles. The standard InChI is InChI=1S/C13H16Cl2N2O2/c14-10-2-1-8(12(15)4-10)5-17-6-9(13(18)19)3-11(16)7-17/h1-2,4,9,11H,3,5-7,16H2,(H,18,19). The zero-order valence-electron chi connectivity index (χ0n) is 10.4. The summed E-state index contributed by atoms with van der Waals surface area (Å²) in [4.78, 5) is 13.1. The number of carbonyl (C=O) groups is 1. The van der Waals surface area contributed by atoms with Crippen LogP contribution in [0.3, 0.4) is 0 Å². The van der Waals surface area contributed by atoms with Crippen molar-refractivity contribution in [1.29, 1.82) is 0 Å². The van der Waals surface area contributed by atoms with Crippen LogP contribution in [0.4, 0.5) is 0 Å². The molecule has 0 amide bonds. The van der Waals surface area contributed by atoms with Crippen molar-refractivity contribution >= 4 is 29.2 Å². The first-order valence-electron chi connectivity index (χ1n) is 6.10. The molecule has 2 rings (SSSR count). The SMILES string of the molecule is NC1CC(C(=O)O)CN(Cc2ccc(Cl)cc2Cl)C1. The van der Waals surface area contributed by atoms with Crippen molar-refractivity contribution in [3.05, 3.63) is 33.8 Å². The summed E-state index contributed by atoms with van der Waals surface area (Å²) < 4.78 is 0. The first-order chi connectivity index (χ1) is 8.95. The number of likely N-dealkylation sites (tertiary alicyclic amines) is 1. The van der Waals surface area contributed by atoms with Crippen molar-refractivity contribution in [2.45, 2.75) is 19.0 Å². The number of nitrogens with two attached hydrogens (primary N) is 1. The molecule has 1 aliphatic heterocycles. The van der Waals surface area contributed by atoms with Gasteiger partial charge < -0.3 is 10.8 Å². The van der Waals surface area contributed by atoms with E-state index in [1.165, 1.54) is 0 Å². The number of piperidine rings is 1. The Bertz CT molecular complexity index is 482. The van der Waals surface area contributed by atoms with Crippen molar-refractivity contribution in [2.75, 3.05) is 13.1 Å². The Morgan fingerprint density at radius 1 is 1.42 bits per heavy atom. The highest BCUT2D eigenvalue weighted by Gasteiger charge is 2.29. The summed E-state index contributed by atoms with van der Waals surface area (Å²) in [6.45, 7) is 1.78. The van der Waals surface area contributed by atoms with Crippen molar-refractivity contribution in [1.82, 2.24) is 4.90 Å². The van der Waals surface area contributed by atoms with Crippen molar-refractivity contribution < 1.29 is 9.90 Å². The number of hydrogen-bond acceptors (Lipinski definition) is 3. The Kier molecular flexibility index (Phi) is 4.68. The van der Waals surface area contributed by atoms with Gasteiger partial charge in [-0.2, -0.15) is 0 Å². The van der Waals surface area contributed by atoms with Gasteiger partial charge >= 0.3 is 5.97 Å². The maximum atomic E-state index is 11.1. The molecule has 0 radical (unpaired) electrons. The summed E-state index contributed by atoms with van der Waals surface area (Å²) in [5.41, 5.74) is 6.84. The van der Waals surface area contributed by atoms with Crippen LogP contribution in [0, 0.1) is 5.92 Å². The molecule has 2 unspecified atom stereocenters. The van der Waals surface area contributed by atoms with Gasteiger partial charge in [0.1, 0.15) is 0 Å². The van der Waals surface area contributed by atoms with E-state index < -0.39 is 11.9 Å². The van der Waals surface area contributed by atoms with E-state index in [1.54, 1.807) is 12.1 Å². The van der Waals surface area contributed by atoms with Crippen LogP contribution in [-0.2, 0) is 11.3 Å². The first-order valence-corrected chi connectivity index (χ1v) is 6.86. The molecule has 1 aliphatic rings. The summed E-state index contributed by atoms with van der Waals surface area (Å²) >= 11 is 12.0. The second-order valence-electron chi connectivity index (χ2n) is 4.96. The molecule has 1 fully saturated rings. The Labute approximate surface area is 122 Å². The summed E-state index contributed by atoms with van der Waals surface area (Å²) in [6, 6.07) is 5.22. The largest absolute Gasteiger partial charge is 0.481 e. The van der Waals surface area contributed by atoms with E-state index in [1.807, 2.05) is 11.0 Å². The van der Waals surface area contributed by atoms with Gasteiger partial charge in [-0.1, -0.05) is 29.3 Å². The van der Waals surface area contributed by atoms with Gasteiger partial charge in [-0.25, -0.2) is 0 Å². The third-order valence-corrected chi connectivity index (χ3v) is 3.90. The molecular weight excluding hydrogens is 287 g/mol. The smallest absolute Gasteiger partial charge is 0.307 e. The lowest BCUT2D eigenvalue weighted by molar-refractivity contribution is -0.144. The highest BCUT2D eigenvalue weighted by atomic mass is 35.5. The fourth-order valence-electron chi connectivity index (χ4n) is 2.43.